The second kappa shape index (κ2) is 5.86. The number of aromatic nitrogens is 2. The van der Waals surface area contributed by atoms with Crippen molar-refractivity contribution in [2.75, 3.05) is 0 Å². The molecule has 1 atom stereocenters. The van der Waals surface area contributed by atoms with Crippen LogP contribution in [-0.4, -0.2) is 14.9 Å². The molecule has 2 heterocycles. The first-order chi connectivity index (χ1) is 10.5. The molecule has 0 amide bonds. The van der Waals surface area contributed by atoms with E-state index < -0.39 is 11.9 Å². The summed E-state index contributed by atoms with van der Waals surface area (Å²) in [5.41, 5.74) is 1.16. The van der Waals surface area contributed by atoms with Crippen molar-refractivity contribution in [2.45, 2.75) is 19.6 Å². The predicted molar refractivity (Wildman–Crippen MR) is 80.2 cm³/mol. The fourth-order valence-corrected chi connectivity index (χ4v) is 2.84. The van der Waals surface area contributed by atoms with E-state index >= 15 is 0 Å². The Bertz CT molecular complexity index is 839. The molecule has 1 unspecified atom stereocenters. The molecule has 5 nitrogen and oxygen atoms in total. The van der Waals surface area contributed by atoms with E-state index in [9.17, 15) is 14.3 Å². The maximum atomic E-state index is 13.1. The number of aryl methyl sites for hydroxylation is 1. The quantitative estimate of drug-likeness (QED) is 0.802. The SMILES string of the molecule is Cc1cc(F)ccc1C(O)Cn1nc(-c2cccs2)oc1=O. The highest BCUT2D eigenvalue weighted by Crippen LogP contribution is 2.23. The van der Waals surface area contributed by atoms with Gasteiger partial charge in [0.2, 0.25) is 0 Å². The van der Waals surface area contributed by atoms with Crippen LogP contribution in [0.2, 0.25) is 0 Å². The molecule has 0 spiro atoms. The summed E-state index contributed by atoms with van der Waals surface area (Å²) in [7, 11) is 0. The largest absolute Gasteiger partial charge is 0.437 e. The van der Waals surface area contributed by atoms with Crippen molar-refractivity contribution < 1.29 is 13.9 Å². The van der Waals surface area contributed by atoms with Gasteiger partial charge in [0.1, 0.15) is 5.82 Å². The van der Waals surface area contributed by atoms with Crippen LogP contribution in [0.15, 0.2) is 44.9 Å². The van der Waals surface area contributed by atoms with Gasteiger partial charge in [-0.1, -0.05) is 12.1 Å². The first-order valence-corrected chi connectivity index (χ1v) is 7.48. The highest BCUT2D eigenvalue weighted by molar-refractivity contribution is 7.13. The zero-order valence-corrected chi connectivity index (χ0v) is 12.5. The van der Waals surface area contributed by atoms with Crippen LogP contribution in [0.5, 0.6) is 0 Å². The van der Waals surface area contributed by atoms with Gasteiger partial charge in [0.15, 0.2) is 0 Å². The van der Waals surface area contributed by atoms with Gasteiger partial charge in [-0.15, -0.1) is 16.4 Å². The predicted octanol–water partition coefficient (Wildman–Crippen LogP) is 2.75. The molecule has 114 valence electrons. The van der Waals surface area contributed by atoms with Crippen molar-refractivity contribution in [3.63, 3.8) is 0 Å². The summed E-state index contributed by atoms with van der Waals surface area (Å²) in [6.45, 7) is 1.64. The van der Waals surface area contributed by atoms with Crippen molar-refractivity contribution in [1.82, 2.24) is 9.78 Å². The third-order valence-corrected chi connectivity index (χ3v) is 4.13. The Balaban J connectivity index is 1.85. The van der Waals surface area contributed by atoms with Gasteiger partial charge in [-0.3, -0.25) is 0 Å². The van der Waals surface area contributed by atoms with Crippen molar-refractivity contribution in [3.05, 3.63) is 63.2 Å². The second-order valence-corrected chi connectivity index (χ2v) is 5.80. The van der Waals surface area contributed by atoms with Gasteiger partial charge in [0.05, 0.1) is 17.5 Å². The van der Waals surface area contributed by atoms with Gasteiger partial charge in [-0.05, 0) is 41.6 Å². The van der Waals surface area contributed by atoms with E-state index in [0.29, 0.717) is 11.1 Å². The van der Waals surface area contributed by atoms with Crippen LogP contribution in [0.3, 0.4) is 0 Å². The molecule has 0 aliphatic heterocycles. The Morgan fingerprint density at radius 1 is 1.45 bits per heavy atom. The number of halogens is 1. The number of benzene rings is 1. The zero-order chi connectivity index (χ0) is 15.7. The minimum absolute atomic E-state index is 0.0554. The fraction of sp³-hybridized carbons (Fsp3) is 0.200. The molecule has 0 saturated carbocycles. The summed E-state index contributed by atoms with van der Waals surface area (Å²) in [5.74, 6) is -0.780. The van der Waals surface area contributed by atoms with E-state index in [-0.39, 0.29) is 18.3 Å². The number of thiophene rings is 1. The lowest BCUT2D eigenvalue weighted by Gasteiger charge is -2.12. The second-order valence-electron chi connectivity index (χ2n) is 4.85. The van der Waals surface area contributed by atoms with E-state index in [1.165, 1.54) is 29.5 Å². The van der Waals surface area contributed by atoms with Crippen LogP contribution in [0, 0.1) is 12.7 Å². The topological polar surface area (TPSA) is 68.3 Å². The molecular formula is C15H13FN2O3S. The van der Waals surface area contributed by atoms with Gasteiger partial charge in [-0.25, -0.2) is 9.18 Å². The number of aliphatic hydroxyl groups excluding tert-OH is 1. The molecule has 3 aromatic rings. The summed E-state index contributed by atoms with van der Waals surface area (Å²) >= 11 is 1.40. The van der Waals surface area contributed by atoms with Crippen LogP contribution < -0.4 is 5.76 Å². The smallest absolute Gasteiger partial charge is 0.387 e. The Kier molecular flexibility index (Phi) is 3.91. The first-order valence-electron chi connectivity index (χ1n) is 6.60. The molecule has 1 N–H and O–H groups in total. The van der Waals surface area contributed by atoms with E-state index in [2.05, 4.69) is 5.10 Å². The number of hydrogen-bond donors (Lipinski definition) is 1. The molecule has 0 aliphatic carbocycles. The summed E-state index contributed by atoms with van der Waals surface area (Å²) in [6.07, 6.45) is -0.973. The van der Waals surface area contributed by atoms with Gasteiger partial charge < -0.3 is 9.52 Å². The molecule has 22 heavy (non-hydrogen) atoms. The molecule has 0 aliphatic rings. The average Bonchev–Trinajstić information content (AvgIpc) is 3.09. The Morgan fingerprint density at radius 2 is 2.27 bits per heavy atom. The summed E-state index contributed by atoms with van der Waals surface area (Å²) in [6, 6.07) is 7.73. The van der Waals surface area contributed by atoms with Gasteiger partial charge >= 0.3 is 5.76 Å². The van der Waals surface area contributed by atoms with Crippen LogP contribution in [0.25, 0.3) is 10.8 Å². The molecule has 0 fully saturated rings. The monoisotopic (exact) mass is 320 g/mol. The summed E-state index contributed by atoms with van der Waals surface area (Å²) in [5, 5.41) is 16.2. The maximum Gasteiger partial charge on any atom is 0.437 e. The average molecular weight is 320 g/mol. The van der Waals surface area contributed by atoms with Gasteiger partial charge in [0.25, 0.3) is 5.89 Å². The highest BCUT2D eigenvalue weighted by atomic mass is 32.1. The van der Waals surface area contributed by atoms with E-state index in [4.69, 9.17) is 4.42 Å². The Morgan fingerprint density at radius 3 is 2.95 bits per heavy atom. The molecule has 0 saturated heterocycles. The van der Waals surface area contributed by atoms with E-state index in [0.717, 1.165) is 9.56 Å². The summed E-state index contributed by atoms with van der Waals surface area (Å²) < 4.78 is 19.3. The Labute approximate surface area is 129 Å². The lowest BCUT2D eigenvalue weighted by atomic mass is 10.0. The van der Waals surface area contributed by atoms with Crippen LogP contribution >= 0.6 is 11.3 Å². The number of rotatable bonds is 4. The summed E-state index contributed by atoms with van der Waals surface area (Å²) in [4.78, 5) is 12.5. The van der Waals surface area contributed by atoms with Crippen LogP contribution in [-0.2, 0) is 6.54 Å². The molecule has 1 aromatic carbocycles. The van der Waals surface area contributed by atoms with E-state index in [1.807, 2.05) is 11.4 Å². The van der Waals surface area contributed by atoms with Crippen molar-refractivity contribution in [3.8, 4) is 10.8 Å². The molecule has 7 heteroatoms. The van der Waals surface area contributed by atoms with Gasteiger partial charge in [0, 0.05) is 0 Å². The standard InChI is InChI=1S/C15H13FN2O3S/c1-9-7-10(16)4-5-11(9)12(19)8-18-15(20)21-14(17-18)13-3-2-6-22-13/h2-7,12,19H,8H2,1H3. The maximum absolute atomic E-state index is 13.1. The number of hydrogen-bond acceptors (Lipinski definition) is 5. The zero-order valence-electron chi connectivity index (χ0n) is 11.7. The highest BCUT2D eigenvalue weighted by Gasteiger charge is 2.17. The number of nitrogens with zero attached hydrogens (tertiary/aromatic N) is 2. The minimum Gasteiger partial charge on any atom is -0.387 e. The molecular weight excluding hydrogens is 307 g/mol. The lowest BCUT2D eigenvalue weighted by molar-refractivity contribution is 0.147. The van der Waals surface area contributed by atoms with Crippen LogP contribution in [0.1, 0.15) is 17.2 Å². The van der Waals surface area contributed by atoms with E-state index in [1.54, 1.807) is 13.0 Å². The Hall–Kier alpha value is -2.25. The lowest BCUT2D eigenvalue weighted by Crippen LogP contribution is -2.20. The minimum atomic E-state index is -0.973. The third-order valence-electron chi connectivity index (χ3n) is 3.27. The fourth-order valence-electron chi connectivity index (χ4n) is 2.20. The van der Waals surface area contributed by atoms with Crippen LogP contribution in [0.4, 0.5) is 4.39 Å². The normalized spacial score (nSPS) is 12.5. The molecule has 0 radical (unpaired) electrons. The molecule has 2 aromatic heterocycles. The first kappa shape index (κ1) is 14.7. The van der Waals surface area contributed by atoms with Crippen molar-refractivity contribution >= 4 is 11.3 Å². The number of aliphatic hydroxyl groups is 1. The molecule has 3 rings (SSSR count). The van der Waals surface area contributed by atoms with Crippen molar-refractivity contribution in [2.24, 2.45) is 0 Å². The van der Waals surface area contributed by atoms with Gasteiger partial charge in [-0.2, -0.15) is 4.68 Å². The third kappa shape index (κ3) is 2.86. The van der Waals surface area contributed by atoms with Crippen molar-refractivity contribution in [1.29, 1.82) is 0 Å². The molecule has 0 bridgehead atoms.